The molecule has 2 aromatic rings. The van der Waals surface area contributed by atoms with Crippen molar-refractivity contribution in [1.82, 2.24) is 9.62 Å². The van der Waals surface area contributed by atoms with E-state index in [9.17, 15) is 23.3 Å². The van der Waals surface area contributed by atoms with E-state index < -0.39 is 20.9 Å². The molecule has 29 heavy (non-hydrogen) atoms. The molecule has 8 nitrogen and oxygen atoms in total. The molecule has 1 amide bonds. The number of amides is 1. The molecule has 1 aliphatic rings. The van der Waals surface area contributed by atoms with E-state index in [2.05, 4.69) is 5.32 Å². The number of nitro groups is 1. The zero-order valence-electron chi connectivity index (χ0n) is 16.0. The number of thiophene rings is 1. The lowest BCUT2D eigenvalue weighted by molar-refractivity contribution is -0.385. The minimum Gasteiger partial charge on any atom is -0.352 e. The van der Waals surface area contributed by atoms with E-state index in [1.165, 1.54) is 17.4 Å². The second-order valence-corrected chi connectivity index (χ2v) is 10.1. The van der Waals surface area contributed by atoms with E-state index in [0.29, 0.717) is 29.3 Å². The maximum absolute atomic E-state index is 12.9. The average molecular weight is 438 g/mol. The molecule has 0 saturated carbocycles. The van der Waals surface area contributed by atoms with Crippen LogP contribution in [0.3, 0.4) is 0 Å². The highest BCUT2D eigenvalue weighted by molar-refractivity contribution is 7.91. The third-order valence-electron chi connectivity index (χ3n) is 5.06. The van der Waals surface area contributed by atoms with Gasteiger partial charge in [0.25, 0.3) is 21.6 Å². The van der Waals surface area contributed by atoms with Crippen LogP contribution in [0.5, 0.6) is 0 Å². The van der Waals surface area contributed by atoms with Gasteiger partial charge in [0.15, 0.2) is 0 Å². The van der Waals surface area contributed by atoms with Crippen molar-refractivity contribution in [3.05, 3.63) is 57.0 Å². The number of carbonyl (C=O) groups is 1. The van der Waals surface area contributed by atoms with Gasteiger partial charge in [0.05, 0.1) is 4.92 Å². The van der Waals surface area contributed by atoms with Crippen molar-refractivity contribution in [3.63, 3.8) is 0 Å². The molecule has 1 aromatic heterocycles. The van der Waals surface area contributed by atoms with Crippen molar-refractivity contribution in [1.29, 1.82) is 0 Å². The Hall–Kier alpha value is -2.30. The zero-order chi connectivity index (χ0) is 21.0. The number of nitrogens with zero attached hydrogens (tertiary/aromatic N) is 2. The Bertz CT molecular complexity index is 989. The molecule has 156 valence electrons. The van der Waals surface area contributed by atoms with Gasteiger partial charge in [-0.1, -0.05) is 18.6 Å². The third-order valence-corrected chi connectivity index (χ3v) is 8.39. The smallest absolute Gasteiger partial charge is 0.273 e. The van der Waals surface area contributed by atoms with Gasteiger partial charge < -0.3 is 5.32 Å². The number of hydrogen-bond donors (Lipinski definition) is 1. The van der Waals surface area contributed by atoms with E-state index in [1.807, 2.05) is 0 Å². The van der Waals surface area contributed by atoms with Gasteiger partial charge in [0, 0.05) is 36.3 Å². The van der Waals surface area contributed by atoms with Crippen LogP contribution >= 0.6 is 11.3 Å². The number of hydrogen-bond acceptors (Lipinski definition) is 6. The number of carbonyl (C=O) groups excluding carboxylic acids is 1. The Labute approximate surface area is 173 Å². The Morgan fingerprint density at radius 2 is 2.14 bits per heavy atom. The second-order valence-electron chi connectivity index (χ2n) is 7.00. The lowest BCUT2D eigenvalue weighted by Gasteiger charge is -2.34. The molecule has 3 rings (SSSR count). The van der Waals surface area contributed by atoms with Gasteiger partial charge >= 0.3 is 0 Å². The number of sulfonamides is 1. The molecule has 1 aromatic carbocycles. The van der Waals surface area contributed by atoms with Crippen molar-refractivity contribution in [2.45, 2.75) is 42.9 Å². The number of nitrogens with one attached hydrogen (secondary N) is 1. The normalized spacial score (nSPS) is 17.8. The molecule has 1 atom stereocenters. The fourth-order valence-electron chi connectivity index (χ4n) is 3.51. The molecule has 0 radical (unpaired) electrons. The van der Waals surface area contributed by atoms with Crippen LogP contribution in [0.4, 0.5) is 5.69 Å². The van der Waals surface area contributed by atoms with Crippen LogP contribution in [-0.2, 0) is 10.0 Å². The van der Waals surface area contributed by atoms with Crippen molar-refractivity contribution in [2.75, 3.05) is 13.1 Å². The highest BCUT2D eigenvalue weighted by Gasteiger charge is 2.33. The molecule has 10 heteroatoms. The molecule has 1 aliphatic heterocycles. The quantitative estimate of drug-likeness (QED) is 0.528. The lowest BCUT2D eigenvalue weighted by Crippen LogP contribution is -2.44. The number of benzene rings is 1. The predicted octanol–water partition coefficient (Wildman–Crippen LogP) is 3.33. The molecule has 1 fully saturated rings. The predicted molar refractivity (Wildman–Crippen MR) is 111 cm³/mol. The summed E-state index contributed by atoms with van der Waals surface area (Å²) >= 11 is 1.20. The average Bonchev–Trinajstić information content (AvgIpc) is 3.24. The molecular formula is C19H23N3O5S2. The summed E-state index contributed by atoms with van der Waals surface area (Å²) < 4.78 is 27.7. The fraction of sp³-hybridized carbons (Fsp3) is 0.421. The molecule has 2 heterocycles. The monoisotopic (exact) mass is 437 g/mol. The van der Waals surface area contributed by atoms with Crippen LogP contribution in [0.25, 0.3) is 0 Å². The van der Waals surface area contributed by atoms with Gasteiger partial charge in [-0.05, 0) is 43.7 Å². The fourth-order valence-corrected chi connectivity index (χ4v) is 6.35. The molecule has 0 bridgehead atoms. The Morgan fingerprint density at radius 3 is 2.83 bits per heavy atom. The summed E-state index contributed by atoms with van der Waals surface area (Å²) in [4.78, 5) is 22.9. The van der Waals surface area contributed by atoms with Crippen LogP contribution in [0, 0.1) is 17.0 Å². The summed E-state index contributed by atoms with van der Waals surface area (Å²) in [6.07, 6.45) is 3.00. The van der Waals surface area contributed by atoms with Gasteiger partial charge in [-0.2, -0.15) is 4.31 Å². The molecular weight excluding hydrogens is 414 g/mol. The summed E-state index contributed by atoms with van der Waals surface area (Å²) in [5, 5.41) is 15.6. The SMILES string of the molecule is Cc1ccc(C(=O)NCCC2CCCCN2S(=O)(=O)c2cccs2)cc1[N+](=O)[O-]. The first-order valence-electron chi connectivity index (χ1n) is 9.39. The van der Waals surface area contributed by atoms with Crippen LogP contribution < -0.4 is 5.32 Å². The van der Waals surface area contributed by atoms with Gasteiger partial charge in [0.1, 0.15) is 4.21 Å². The molecule has 1 N–H and O–H groups in total. The molecule has 1 unspecified atom stereocenters. The maximum atomic E-state index is 12.9. The van der Waals surface area contributed by atoms with Crippen LogP contribution in [-0.4, -0.2) is 42.7 Å². The van der Waals surface area contributed by atoms with Gasteiger partial charge in [-0.25, -0.2) is 8.42 Å². The summed E-state index contributed by atoms with van der Waals surface area (Å²) in [6, 6.07) is 7.51. The first kappa shape index (κ1) is 21.4. The van der Waals surface area contributed by atoms with E-state index in [4.69, 9.17) is 0 Å². The third kappa shape index (κ3) is 4.82. The van der Waals surface area contributed by atoms with Gasteiger partial charge in [0.2, 0.25) is 0 Å². The number of piperidine rings is 1. The zero-order valence-corrected chi connectivity index (χ0v) is 17.7. The van der Waals surface area contributed by atoms with Gasteiger partial charge in [-0.3, -0.25) is 14.9 Å². The Balaban J connectivity index is 1.63. The van der Waals surface area contributed by atoms with E-state index in [0.717, 1.165) is 19.3 Å². The van der Waals surface area contributed by atoms with Crippen molar-refractivity contribution >= 4 is 33.0 Å². The minimum atomic E-state index is -3.53. The molecule has 1 saturated heterocycles. The topological polar surface area (TPSA) is 110 Å². The standard InChI is InChI=1S/C19H23N3O5S2/c1-14-7-8-15(13-17(14)22(24)25)19(23)20-10-9-16-5-2-3-11-21(16)29(26,27)18-6-4-12-28-18/h4,6-8,12-13,16H,2-3,5,9-11H2,1H3,(H,20,23). The largest absolute Gasteiger partial charge is 0.352 e. The van der Waals surface area contributed by atoms with Crippen LogP contribution in [0.2, 0.25) is 0 Å². The number of nitro benzene ring substituents is 1. The van der Waals surface area contributed by atoms with Crippen LogP contribution in [0.15, 0.2) is 39.9 Å². The van der Waals surface area contributed by atoms with E-state index in [1.54, 1.807) is 40.9 Å². The summed E-state index contributed by atoms with van der Waals surface area (Å²) in [7, 11) is -3.53. The minimum absolute atomic E-state index is 0.0989. The van der Waals surface area contributed by atoms with Crippen molar-refractivity contribution in [2.24, 2.45) is 0 Å². The molecule has 0 aliphatic carbocycles. The lowest BCUT2D eigenvalue weighted by atomic mass is 10.0. The first-order valence-corrected chi connectivity index (χ1v) is 11.7. The molecule has 0 spiro atoms. The van der Waals surface area contributed by atoms with Crippen molar-refractivity contribution < 1.29 is 18.1 Å². The van der Waals surface area contributed by atoms with Crippen LogP contribution in [0.1, 0.15) is 41.6 Å². The number of rotatable bonds is 7. The van der Waals surface area contributed by atoms with E-state index in [-0.39, 0.29) is 17.3 Å². The van der Waals surface area contributed by atoms with Crippen molar-refractivity contribution in [3.8, 4) is 0 Å². The maximum Gasteiger partial charge on any atom is 0.273 e. The second kappa shape index (κ2) is 9.02. The van der Waals surface area contributed by atoms with E-state index >= 15 is 0 Å². The Kier molecular flexibility index (Phi) is 6.66. The Morgan fingerprint density at radius 1 is 1.34 bits per heavy atom. The summed E-state index contributed by atoms with van der Waals surface area (Å²) in [6.45, 7) is 2.39. The van der Waals surface area contributed by atoms with Gasteiger partial charge in [-0.15, -0.1) is 11.3 Å². The first-order chi connectivity index (χ1) is 13.8. The summed E-state index contributed by atoms with van der Waals surface area (Å²) in [5.41, 5.74) is 0.607. The highest BCUT2D eigenvalue weighted by Crippen LogP contribution is 2.29. The summed E-state index contributed by atoms with van der Waals surface area (Å²) in [5.74, 6) is -0.406. The highest BCUT2D eigenvalue weighted by atomic mass is 32.2. The number of aryl methyl sites for hydroxylation is 1.